The summed E-state index contributed by atoms with van der Waals surface area (Å²) >= 11 is 7.37. The molecule has 124 valence electrons. The predicted octanol–water partition coefficient (Wildman–Crippen LogP) is 2.73. The van der Waals surface area contributed by atoms with Crippen LogP contribution in [0.15, 0.2) is 17.4 Å². The van der Waals surface area contributed by atoms with Crippen LogP contribution in [0.3, 0.4) is 0 Å². The molecule has 0 bridgehead atoms. The van der Waals surface area contributed by atoms with Crippen molar-refractivity contribution in [1.82, 2.24) is 25.1 Å². The van der Waals surface area contributed by atoms with Gasteiger partial charge in [0.05, 0.1) is 16.9 Å². The van der Waals surface area contributed by atoms with E-state index in [0.29, 0.717) is 11.7 Å². The molecule has 2 aromatic rings. The van der Waals surface area contributed by atoms with E-state index in [0.717, 1.165) is 17.9 Å². The lowest BCUT2D eigenvalue weighted by molar-refractivity contribution is 0.0940. The Kier molecular flexibility index (Phi) is 6.01. The highest BCUT2D eigenvalue weighted by atomic mass is 35.5. The average molecular weight is 354 g/mol. The summed E-state index contributed by atoms with van der Waals surface area (Å²) in [6.45, 7) is 7.32. The van der Waals surface area contributed by atoms with Crippen LogP contribution in [-0.4, -0.2) is 38.5 Å². The number of nitrogens with zero attached hydrogens (tertiary/aromatic N) is 4. The third-order valence-corrected chi connectivity index (χ3v) is 4.16. The fraction of sp³-hybridized carbons (Fsp3) is 0.467. The van der Waals surface area contributed by atoms with Crippen molar-refractivity contribution in [1.29, 1.82) is 0 Å². The second-order valence-electron chi connectivity index (χ2n) is 5.48. The van der Waals surface area contributed by atoms with Gasteiger partial charge < -0.3 is 5.32 Å². The molecule has 0 spiro atoms. The van der Waals surface area contributed by atoms with Crippen LogP contribution in [0.25, 0.3) is 0 Å². The lowest BCUT2D eigenvalue weighted by Crippen LogP contribution is -2.31. The molecule has 0 saturated heterocycles. The maximum absolute atomic E-state index is 12.2. The Labute approximate surface area is 145 Å². The molecule has 0 fully saturated rings. The summed E-state index contributed by atoms with van der Waals surface area (Å²) in [5.74, 6) is -0.0505. The molecule has 0 aromatic carbocycles. The van der Waals surface area contributed by atoms with E-state index in [9.17, 15) is 4.79 Å². The molecule has 1 N–H and O–H groups in total. The molecule has 2 aromatic heterocycles. The predicted molar refractivity (Wildman–Crippen MR) is 92.0 cm³/mol. The molecule has 0 aliphatic rings. The van der Waals surface area contributed by atoms with E-state index in [4.69, 9.17) is 11.6 Å². The van der Waals surface area contributed by atoms with Crippen molar-refractivity contribution in [3.05, 3.63) is 34.4 Å². The third-order valence-electron chi connectivity index (χ3n) is 3.32. The zero-order chi connectivity index (χ0) is 17.0. The minimum atomic E-state index is -0.284. The summed E-state index contributed by atoms with van der Waals surface area (Å²) in [5, 5.41) is 8.08. The van der Waals surface area contributed by atoms with Gasteiger partial charge in [-0.05, 0) is 32.1 Å². The Bertz CT molecular complexity index is 703. The highest BCUT2D eigenvalue weighted by Crippen LogP contribution is 2.16. The minimum absolute atomic E-state index is 0.212. The second kappa shape index (κ2) is 7.79. The smallest absolute Gasteiger partial charge is 0.271 e. The summed E-state index contributed by atoms with van der Waals surface area (Å²) in [4.78, 5) is 20.4. The summed E-state index contributed by atoms with van der Waals surface area (Å²) in [6, 6.07) is 2.04. The summed E-state index contributed by atoms with van der Waals surface area (Å²) in [6.07, 6.45) is 3.30. The molecule has 0 radical (unpaired) electrons. The molecule has 0 saturated carbocycles. The van der Waals surface area contributed by atoms with Crippen molar-refractivity contribution in [2.45, 2.75) is 32.5 Å². The van der Waals surface area contributed by atoms with E-state index in [1.807, 2.05) is 30.9 Å². The van der Waals surface area contributed by atoms with Gasteiger partial charge in [0, 0.05) is 18.8 Å². The molecular formula is C15H20ClN5OS. The van der Waals surface area contributed by atoms with E-state index in [-0.39, 0.29) is 22.5 Å². The largest absolute Gasteiger partial charge is 0.350 e. The lowest BCUT2D eigenvalue weighted by Gasteiger charge is -2.14. The van der Waals surface area contributed by atoms with Crippen molar-refractivity contribution in [3.8, 4) is 0 Å². The van der Waals surface area contributed by atoms with Crippen LogP contribution in [0.5, 0.6) is 0 Å². The molecule has 2 rings (SSSR count). The fourth-order valence-electron chi connectivity index (χ4n) is 2.18. The molecule has 8 heteroatoms. The zero-order valence-electron chi connectivity index (χ0n) is 13.6. The number of nitrogens with one attached hydrogen (secondary N) is 1. The van der Waals surface area contributed by atoms with Gasteiger partial charge in [0.15, 0.2) is 10.9 Å². The molecule has 0 aliphatic heterocycles. The van der Waals surface area contributed by atoms with Crippen molar-refractivity contribution in [3.63, 3.8) is 0 Å². The van der Waals surface area contributed by atoms with Crippen LogP contribution >= 0.6 is 23.4 Å². The molecule has 0 aliphatic carbocycles. The maximum Gasteiger partial charge on any atom is 0.271 e. The molecule has 2 heterocycles. The van der Waals surface area contributed by atoms with Crippen LogP contribution in [0.2, 0.25) is 5.02 Å². The number of rotatable bonds is 6. The van der Waals surface area contributed by atoms with Crippen LogP contribution in [-0.2, 0) is 6.54 Å². The van der Waals surface area contributed by atoms with Gasteiger partial charge in [-0.15, -0.1) is 0 Å². The Morgan fingerprint density at radius 2 is 2.22 bits per heavy atom. The Balaban J connectivity index is 1.95. The number of halogens is 1. The monoisotopic (exact) mass is 353 g/mol. The SMILES string of the molecule is CSc1ncc(Cl)c(C(=O)NCC(C)Cn2nc(C)cc2C)n1. The van der Waals surface area contributed by atoms with Gasteiger partial charge in [0.1, 0.15) is 0 Å². The van der Waals surface area contributed by atoms with Crippen LogP contribution in [0.4, 0.5) is 0 Å². The summed E-state index contributed by atoms with van der Waals surface area (Å²) < 4.78 is 1.95. The van der Waals surface area contributed by atoms with Crippen LogP contribution in [0.1, 0.15) is 28.8 Å². The number of amides is 1. The molecular weight excluding hydrogens is 334 g/mol. The van der Waals surface area contributed by atoms with Gasteiger partial charge in [-0.1, -0.05) is 30.3 Å². The number of thioether (sulfide) groups is 1. The van der Waals surface area contributed by atoms with Gasteiger partial charge in [-0.2, -0.15) is 5.10 Å². The Hall–Kier alpha value is -1.60. The van der Waals surface area contributed by atoms with Crippen LogP contribution < -0.4 is 5.32 Å². The first kappa shape index (κ1) is 17.7. The third kappa shape index (κ3) is 4.68. The molecule has 1 amide bonds. The van der Waals surface area contributed by atoms with Crippen molar-refractivity contribution < 1.29 is 4.79 Å². The topological polar surface area (TPSA) is 72.7 Å². The highest BCUT2D eigenvalue weighted by molar-refractivity contribution is 7.98. The number of hydrogen-bond donors (Lipinski definition) is 1. The van der Waals surface area contributed by atoms with Gasteiger partial charge in [-0.25, -0.2) is 9.97 Å². The van der Waals surface area contributed by atoms with E-state index in [1.165, 1.54) is 18.0 Å². The van der Waals surface area contributed by atoms with Gasteiger partial charge in [0.25, 0.3) is 5.91 Å². The Morgan fingerprint density at radius 3 is 2.83 bits per heavy atom. The molecule has 1 atom stereocenters. The number of aryl methyl sites for hydroxylation is 2. The average Bonchev–Trinajstić information content (AvgIpc) is 2.83. The number of carbonyl (C=O) groups excluding carboxylic acids is 1. The second-order valence-corrected chi connectivity index (χ2v) is 6.66. The molecule has 1 unspecified atom stereocenters. The minimum Gasteiger partial charge on any atom is -0.350 e. The van der Waals surface area contributed by atoms with E-state index in [2.05, 4.69) is 27.3 Å². The molecule has 6 nitrogen and oxygen atoms in total. The van der Waals surface area contributed by atoms with Gasteiger partial charge in [0.2, 0.25) is 0 Å². The highest BCUT2D eigenvalue weighted by Gasteiger charge is 2.15. The van der Waals surface area contributed by atoms with Crippen molar-refractivity contribution in [2.24, 2.45) is 5.92 Å². The molecule has 23 heavy (non-hydrogen) atoms. The van der Waals surface area contributed by atoms with E-state index < -0.39 is 0 Å². The standard InChI is InChI=1S/C15H20ClN5OS/c1-9(8-21-11(3)5-10(2)20-21)6-17-14(22)13-12(16)7-18-15(19-13)23-4/h5,7,9H,6,8H2,1-4H3,(H,17,22). The van der Waals surface area contributed by atoms with Gasteiger partial charge in [-0.3, -0.25) is 9.48 Å². The lowest BCUT2D eigenvalue weighted by atomic mass is 10.2. The first-order valence-corrected chi connectivity index (χ1v) is 8.86. The first-order valence-electron chi connectivity index (χ1n) is 7.26. The first-order chi connectivity index (χ1) is 10.9. The van der Waals surface area contributed by atoms with Crippen molar-refractivity contribution >= 4 is 29.3 Å². The van der Waals surface area contributed by atoms with Crippen LogP contribution in [0, 0.1) is 19.8 Å². The van der Waals surface area contributed by atoms with E-state index >= 15 is 0 Å². The number of carbonyl (C=O) groups is 1. The summed E-state index contributed by atoms with van der Waals surface area (Å²) in [7, 11) is 0. The quantitative estimate of drug-likeness (QED) is 0.638. The number of hydrogen-bond acceptors (Lipinski definition) is 5. The normalized spacial score (nSPS) is 12.2. The number of aromatic nitrogens is 4. The van der Waals surface area contributed by atoms with E-state index in [1.54, 1.807) is 0 Å². The fourth-order valence-corrected chi connectivity index (χ4v) is 2.70. The maximum atomic E-state index is 12.2. The van der Waals surface area contributed by atoms with Gasteiger partial charge >= 0.3 is 0 Å². The zero-order valence-corrected chi connectivity index (χ0v) is 15.2. The summed E-state index contributed by atoms with van der Waals surface area (Å²) in [5.41, 5.74) is 2.32. The Morgan fingerprint density at radius 1 is 1.48 bits per heavy atom. The van der Waals surface area contributed by atoms with Crippen molar-refractivity contribution in [2.75, 3.05) is 12.8 Å².